The normalized spacial score (nSPS) is 39.5. The van der Waals surface area contributed by atoms with Crippen molar-refractivity contribution in [1.29, 1.82) is 0 Å². The van der Waals surface area contributed by atoms with Gasteiger partial charge in [0.1, 0.15) is 0 Å². The van der Waals surface area contributed by atoms with E-state index in [1.807, 2.05) is 0 Å². The zero-order valence-electron chi connectivity index (χ0n) is 7.58. The second-order valence-electron chi connectivity index (χ2n) is 4.00. The third kappa shape index (κ3) is 1.44. The zero-order valence-corrected chi connectivity index (χ0v) is 7.58. The Morgan fingerprint density at radius 2 is 2.38 bits per heavy atom. The lowest BCUT2D eigenvalue weighted by atomic mass is 9.71. The molecule has 2 fully saturated rings. The molecule has 13 heavy (non-hydrogen) atoms. The largest absolute Gasteiger partial charge is 0.481 e. The van der Waals surface area contributed by atoms with Crippen molar-refractivity contribution in [2.24, 2.45) is 11.3 Å². The summed E-state index contributed by atoms with van der Waals surface area (Å²) in [7, 11) is 0. The van der Waals surface area contributed by atoms with Crippen molar-refractivity contribution >= 4 is 5.97 Å². The first kappa shape index (κ1) is 8.97. The molecule has 2 atom stereocenters. The summed E-state index contributed by atoms with van der Waals surface area (Å²) in [4.78, 5) is 11.0. The predicted molar refractivity (Wildman–Crippen MR) is 46.5 cm³/mol. The van der Waals surface area contributed by atoms with Gasteiger partial charge in [0.05, 0.1) is 12.5 Å². The van der Waals surface area contributed by atoms with Crippen LogP contribution in [-0.2, 0) is 9.53 Å². The Labute approximate surface area is 77.3 Å². The number of hydrogen-bond donors (Lipinski definition) is 2. The molecule has 4 heteroatoms. The molecule has 2 N–H and O–H groups in total. The molecular weight excluding hydrogens is 170 g/mol. The predicted octanol–water partition coefficient (Wildman–Crippen LogP) is 0.0872. The number of ether oxygens (including phenoxy) is 1. The van der Waals surface area contributed by atoms with Gasteiger partial charge in [0.2, 0.25) is 0 Å². The second kappa shape index (κ2) is 3.27. The molecule has 0 aromatic heterocycles. The summed E-state index contributed by atoms with van der Waals surface area (Å²) in [5.41, 5.74) is -0.0237. The Hall–Kier alpha value is -0.610. The molecule has 0 aromatic rings. The average Bonchev–Trinajstić information content (AvgIpc) is 2.54. The Morgan fingerprint density at radius 3 is 3.00 bits per heavy atom. The van der Waals surface area contributed by atoms with Crippen LogP contribution in [-0.4, -0.2) is 37.4 Å². The molecule has 0 radical (unpaired) electrons. The van der Waals surface area contributed by atoms with Crippen molar-refractivity contribution in [3.63, 3.8) is 0 Å². The van der Waals surface area contributed by atoms with Crippen LogP contribution in [0.5, 0.6) is 0 Å². The van der Waals surface area contributed by atoms with E-state index in [-0.39, 0.29) is 11.3 Å². The number of rotatable bonds is 1. The van der Waals surface area contributed by atoms with Crippen molar-refractivity contribution in [3.05, 3.63) is 0 Å². The lowest BCUT2D eigenvalue weighted by Crippen LogP contribution is -2.44. The summed E-state index contributed by atoms with van der Waals surface area (Å²) >= 11 is 0. The average molecular weight is 185 g/mol. The molecule has 0 amide bonds. The van der Waals surface area contributed by atoms with E-state index >= 15 is 0 Å². The maximum Gasteiger partial charge on any atom is 0.309 e. The van der Waals surface area contributed by atoms with Crippen LogP contribution >= 0.6 is 0 Å². The third-order valence-corrected chi connectivity index (χ3v) is 3.34. The Kier molecular flexibility index (Phi) is 2.26. The van der Waals surface area contributed by atoms with Gasteiger partial charge in [0.25, 0.3) is 0 Å². The van der Waals surface area contributed by atoms with E-state index in [9.17, 15) is 4.79 Å². The van der Waals surface area contributed by atoms with E-state index in [0.717, 1.165) is 25.9 Å². The Morgan fingerprint density at radius 1 is 1.54 bits per heavy atom. The first-order chi connectivity index (χ1) is 6.25. The zero-order chi connectivity index (χ0) is 9.31. The first-order valence-corrected chi connectivity index (χ1v) is 4.76. The molecule has 2 saturated heterocycles. The number of aliphatic carboxylic acids is 1. The molecule has 74 valence electrons. The molecule has 2 unspecified atom stereocenters. The molecule has 4 nitrogen and oxygen atoms in total. The molecule has 1 spiro atoms. The van der Waals surface area contributed by atoms with Gasteiger partial charge in [0, 0.05) is 18.6 Å². The quantitative estimate of drug-likeness (QED) is 0.607. The van der Waals surface area contributed by atoms with Crippen molar-refractivity contribution in [2.45, 2.75) is 12.8 Å². The fourth-order valence-corrected chi connectivity index (χ4v) is 2.43. The lowest BCUT2D eigenvalue weighted by molar-refractivity contribution is -0.154. The van der Waals surface area contributed by atoms with Crippen molar-refractivity contribution in [3.8, 4) is 0 Å². The minimum Gasteiger partial charge on any atom is -0.481 e. The monoisotopic (exact) mass is 185 g/mol. The van der Waals surface area contributed by atoms with Gasteiger partial charge in [0.15, 0.2) is 0 Å². The first-order valence-electron chi connectivity index (χ1n) is 4.76. The van der Waals surface area contributed by atoms with Crippen LogP contribution < -0.4 is 5.32 Å². The van der Waals surface area contributed by atoms with Gasteiger partial charge in [-0.25, -0.2) is 0 Å². The number of carbonyl (C=O) groups is 1. The molecule has 2 rings (SSSR count). The van der Waals surface area contributed by atoms with Crippen molar-refractivity contribution in [2.75, 3.05) is 26.3 Å². The summed E-state index contributed by atoms with van der Waals surface area (Å²) in [5.74, 6) is -1.01. The summed E-state index contributed by atoms with van der Waals surface area (Å²) in [6.45, 7) is 2.89. The van der Waals surface area contributed by atoms with Gasteiger partial charge >= 0.3 is 5.97 Å². The van der Waals surface area contributed by atoms with Gasteiger partial charge in [-0.05, 0) is 19.4 Å². The van der Waals surface area contributed by atoms with E-state index in [1.165, 1.54) is 0 Å². The molecule has 0 bridgehead atoms. The molecule has 0 saturated carbocycles. The van der Waals surface area contributed by atoms with Gasteiger partial charge in [-0.1, -0.05) is 0 Å². The van der Waals surface area contributed by atoms with Crippen LogP contribution in [0, 0.1) is 11.3 Å². The van der Waals surface area contributed by atoms with Gasteiger partial charge < -0.3 is 15.2 Å². The summed E-state index contributed by atoms with van der Waals surface area (Å²) in [5, 5.41) is 12.3. The van der Waals surface area contributed by atoms with Crippen molar-refractivity contribution in [1.82, 2.24) is 5.32 Å². The topological polar surface area (TPSA) is 58.6 Å². The summed E-state index contributed by atoms with van der Waals surface area (Å²) in [6.07, 6.45) is 1.87. The highest BCUT2D eigenvalue weighted by Crippen LogP contribution is 2.40. The van der Waals surface area contributed by atoms with Crippen LogP contribution in [0.25, 0.3) is 0 Å². The molecule has 0 aliphatic carbocycles. The van der Waals surface area contributed by atoms with Crippen LogP contribution in [0.3, 0.4) is 0 Å². The molecular formula is C9H15NO3. The Bertz CT molecular complexity index is 211. The minimum atomic E-state index is -0.705. The third-order valence-electron chi connectivity index (χ3n) is 3.34. The summed E-state index contributed by atoms with van der Waals surface area (Å²) < 4.78 is 5.22. The van der Waals surface area contributed by atoms with Gasteiger partial charge in [-0.2, -0.15) is 0 Å². The Balaban J connectivity index is 2.16. The SMILES string of the molecule is O=C(O)C1COCCC12CCNC2. The number of nitrogens with one attached hydrogen (secondary N) is 1. The molecule has 0 aromatic carbocycles. The van der Waals surface area contributed by atoms with E-state index in [2.05, 4.69) is 5.32 Å². The van der Waals surface area contributed by atoms with E-state index < -0.39 is 5.97 Å². The fourth-order valence-electron chi connectivity index (χ4n) is 2.43. The number of hydrogen-bond acceptors (Lipinski definition) is 3. The van der Waals surface area contributed by atoms with Crippen LogP contribution in [0.2, 0.25) is 0 Å². The fraction of sp³-hybridized carbons (Fsp3) is 0.889. The second-order valence-corrected chi connectivity index (χ2v) is 4.00. The van der Waals surface area contributed by atoms with Crippen LogP contribution in [0.1, 0.15) is 12.8 Å². The standard InChI is InChI=1S/C9H15NO3/c11-8(12)7-5-13-4-2-9(7)1-3-10-6-9/h7,10H,1-6H2,(H,11,12). The molecule has 2 aliphatic heterocycles. The van der Waals surface area contributed by atoms with Gasteiger partial charge in [-0.15, -0.1) is 0 Å². The molecule has 2 aliphatic rings. The number of carboxylic acid groups (broad SMARTS) is 1. The highest BCUT2D eigenvalue weighted by Gasteiger charge is 2.47. The van der Waals surface area contributed by atoms with Gasteiger partial charge in [-0.3, -0.25) is 4.79 Å². The van der Waals surface area contributed by atoms with Crippen molar-refractivity contribution < 1.29 is 14.6 Å². The smallest absolute Gasteiger partial charge is 0.309 e. The molecule has 2 heterocycles. The highest BCUT2D eigenvalue weighted by molar-refractivity contribution is 5.71. The number of carboxylic acids is 1. The summed E-state index contributed by atoms with van der Waals surface area (Å²) in [6, 6.07) is 0. The minimum absolute atomic E-state index is 0.0237. The van der Waals surface area contributed by atoms with E-state index in [1.54, 1.807) is 0 Å². The van der Waals surface area contributed by atoms with Crippen LogP contribution in [0.15, 0.2) is 0 Å². The van der Waals surface area contributed by atoms with E-state index in [0.29, 0.717) is 13.2 Å². The maximum atomic E-state index is 11.0. The van der Waals surface area contributed by atoms with E-state index in [4.69, 9.17) is 9.84 Å². The maximum absolute atomic E-state index is 11.0. The lowest BCUT2D eigenvalue weighted by Gasteiger charge is -2.38. The van der Waals surface area contributed by atoms with Crippen LogP contribution in [0.4, 0.5) is 0 Å². The highest BCUT2D eigenvalue weighted by atomic mass is 16.5.